The van der Waals surface area contributed by atoms with Crippen molar-refractivity contribution in [3.8, 4) is 0 Å². The summed E-state index contributed by atoms with van der Waals surface area (Å²) in [5, 5.41) is 22.5. The summed E-state index contributed by atoms with van der Waals surface area (Å²) in [5.74, 6) is -3.92. The standard InChI is InChI=1S/C14H21N5O6S/c15-8(1-2-11(20)21)12(22)19-10(5-26)13(23)18-9(14(24)25)3-7-4-16-6-17-7/h4,6,8-10,26H,1-3,5,15H2,(H,16,17)(H,18,23)(H,19,22)(H,20,21)(H,24,25). The first kappa shape index (κ1) is 21.4. The number of amides is 2. The Bertz CT molecular complexity index is 638. The quantitative estimate of drug-likeness (QED) is 0.215. The van der Waals surface area contributed by atoms with Crippen molar-refractivity contribution in [1.82, 2.24) is 20.6 Å². The third-order valence-corrected chi connectivity index (χ3v) is 3.78. The number of thiol groups is 1. The van der Waals surface area contributed by atoms with Gasteiger partial charge in [0.15, 0.2) is 0 Å². The van der Waals surface area contributed by atoms with E-state index in [0.717, 1.165) is 0 Å². The second kappa shape index (κ2) is 10.4. The summed E-state index contributed by atoms with van der Waals surface area (Å²) in [5.41, 5.74) is 6.09. The van der Waals surface area contributed by atoms with E-state index in [1.807, 2.05) is 0 Å². The first-order valence-corrected chi connectivity index (χ1v) is 8.26. The molecule has 0 aliphatic rings. The van der Waals surface area contributed by atoms with Crippen LogP contribution < -0.4 is 16.4 Å². The van der Waals surface area contributed by atoms with Crippen LogP contribution in [0.15, 0.2) is 12.5 Å². The monoisotopic (exact) mass is 387 g/mol. The topological polar surface area (TPSA) is 188 Å². The Balaban J connectivity index is 2.64. The molecule has 0 saturated heterocycles. The van der Waals surface area contributed by atoms with Crippen molar-refractivity contribution in [3.63, 3.8) is 0 Å². The number of carboxylic acid groups (broad SMARTS) is 2. The lowest BCUT2D eigenvalue weighted by Crippen LogP contribution is -2.55. The SMILES string of the molecule is NC(CCC(=O)O)C(=O)NC(CS)C(=O)NC(Cc1cnc[nH]1)C(=O)O. The van der Waals surface area contributed by atoms with Crippen LogP contribution >= 0.6 is 12.6 Å². The van der Waals surface area contributed by atoms with Crippen LogP contribution in [0.1, 0.15) is 18.5 Å². The molecule has 0 saturated carbocycles. The lowest BCUT2D eigenvalue weighted by atomic mass is 10.1. The van der Waals surface area contributed by atoms with E-state index in [1.165, 1.54) is 12.5 Å². The van der Waals surface area contributed by atoms with Gasteiger partial charge in [-0.25, -0.2) is 9.78 Å². The van der Waals surface area contributed by atoms with Crippen molar-refractivity contribution >= 4 is 36.4 Å². The van der Waals surface area contributed by atoms with Crippen LogP contribution in [0.3, 0.4) is 0 Å². The number of nitrogens with zero attached hydrogens (tertiary/aromatic N) is 1. The van der Waals surface area contributed by atoms with Crippen molar-refractivity contribution in [1.29, 1.82) is 0 Å². The normalized spacial score (nSPS) is 14.1. The van der Waals surface area contributed by atoms with Gasteiger partial charge in [-0.05, 0) is 6.42 Å². The third-order valence-electron chi connectivity index (χ3n) is 3.42. The second-order valence-corrected chi connectivity index (χ2v) is 5.83. The fraction of sp³-hybridized carbons (Fsp3) is 0.500. The average Bonchev–Trinajstić information content (AvgIpc) is 3.09. The molecule has 3 atom stereocenters. The number of nitrogens with two attached hydrogens (primary N) is 1. The van der Waals surface area contributed by atoms with Gasteiger partial charge in [-0.1, -0.05) is 0 Å². The van der Waals surface area contributed by atoms with Gasteiger partial charge in [0.1, 0.15) is 12.1 Å². The summed E-state index contributed by atoms with van der Waals surface area (Å²) in [6.07, 6.45) is 2.40. The molecular formula is C14H21N5O6S. The Labute approximate surface area is 154 Å². The molecule has 12 heteroatoms. The van der Waals surface area contributed by atoms with Crippen LogP contribution in [0.5, 0.6) is 0 Å². The van der Waals surface area contributed by atoms with Gasteiger partial charge < -0.3 is 31.6 Å². The maximum Gasteiger partial charge on any atom is 0.326 e. The van der Waals surface area contributed by atoms with E-state index in [9.17, 15) is 24.3 Å². The number of rotatable bonds is 11. The molecule has 3 unspecified atom stereocenters. The van der Waals surface area contributed by atoms with E-state index in [2.05, 4.69) is 33.2 Å². The van der Waals surface area contributed by atoms with Crippen LogP contribution in [-0.2, 0) is 25.6 Å². The number of nitrogens with one attached hydrogen (secondary N) is 3. The lowest BCUT2D eigenvalue weighted by molar-refractivity contribution is -0.142. The molecule has 7 N–H and O–H groups in total. The van der Waals surface area contributed by atoms with Crippen LogP contribution in [0, 0.1) is 0 Å². The minimum atomic E-state index is -1.25. The molecule has 0 spiro atoms. The number of aromatic nitrogens is 2. The molecule has 11 nitrogen and oxygen atoms in total. The van der Waals surface area contributed by atoms with E-state index >= 15 is 0 Å². The second-order valence-electron chi connectivity index (χ2n) is 5.46. The van der Waals surface area contributed by atoms with Crippen LogP contribution in [-0.4, -0.2) is 67.8 Å². The highest BCUT2D eigenvalue weighted by Gasteiger charge is 2.27. The summed E-state index contributed by atoms with van der Waals surface area (Å²) in [6.45, 7) is 0. The van der Waals surface area contributed by atoms with Crippen molar-refractivity contribution < 1.29 is 29.4 Å². The van der Waals surface area contributed by atoms with E-state index in [1.54, 1.807) is 0 Å². The van der Waals surface area contributed by atoms with Crippen molar-refractivity contribution in [2.75, 3.05) is 5.75 Å². The summed E-state index contributed by atoms with van der Waals surface area (Å²) in [6, 6.07) is -3.46. The third kappa shape index (κ3) is 7.11. The average molecular weight is 387 g/mol. The summed E-state index contributed by atoms with van der Waals surface area (Å²) in [7, 11) is 0. The van der Waals surface area contributed by atoms with Gasteiger partial charge >= 0.3 is 11.9 Å². The fourth-order valence-electron chi connectivity index (χ4n) is 1.97. The summed E-state index contributed by atoms with van der Waals surface area (Å²) in [4.78, 5) is 52.5. The van der Waals surface area contributed by atoms with Crippen LogP contribution in [0.25, 0.3) is 0 Å². The molecule has 1 aromatic rings. The number of carbonyl (C=O) groups excluding carboxylic acids is 2. The van der Waals surface area contributed by atoms with Gasteiger partial charge in [-0.3, -0.25) is 14.4 Å². The van der Waals surface area contributed by atoms with Gasteiger partial charge in [0.05, 0.1) is 12.4 Å². The minimum absolute atomic E-state index is 0.0214. The van der Waals surface area contributed by atoms with Crippen LogP contribution in [0.2, 0.25) is 0 Å². The number of aliphatic carboxylic acids is 2. The van der Waals surface area contributed by atoms with E-state index in [4.69, 9.17) is 10.8 Å². The first-order chi connectivity index (χ1) is 12.2. The van der Waals surface area contributed by atoms with Gasteiger partial charge in [-0.2, -0.15) is 12.6 Å². The number of carboxylic acids is 2. The molecule has 26 heavy (non-hydrogen) atoms. The van der Waals surface area contributed by atoms with Crippen molar-refractivity contribution in [2.24, 2.45) is 5.73 Å². The zero-order valence-corrected chi connectivity index (χ0v) is 14.6. The Morgan fingerprint density at radius 3 is 2.35 bits per heavy atom. The molecule has 0 aromatic carbocycles. The van der Waals surface area contributed by atoms with E-state index in [0.29, 0.717) is 5.69 Å². The van der Waals surface area contributed by atoms with E-state index in [-0.39, 0.29) is 25.0 Å². The zero-order valence-electron chi connectivity index (χ0n) is 13.7. The minimum Gasteiger partial charge on any atom is -0.481 e. The molecule has 0 aliphatic carbocycles. The fourth-order valence-corrected chi connectivity index (χ4v) is 2.23. The molecule has 144 valence electrons. The number of hydrogen-bond donors (Lipinski definition) is 7. The Morgan fingerprint density at radius 2 is 1.85 bits per heavy atom. The molecule has 0 fully saturated rings. The van der Waals surface area contributed by atoms with Gasteiger partial charge in [0.2, 0.25) is 11.8 Å². The number of aromatic amines is 1. The molecule has 0 radical (unpaired) electrons. The molecule has 0 aliphatic heterocycles. The Morgan fingerprint density at radius 1 is 1.19 bits per heavy atom. The first-order valence-electron chi connectivity index (χ1n) is 7.63. The summed E-state index contributed by atoms with van der Waals surface area (Å²) < 4.78 is 0. The number of H-pyrrole nitrogens is 1. The molecule has 2 amide bonds. The number of carbonyl (C=O) groups is 4. The van der Waals surface area contributed by atoms with Crippen LogP contribution in [0.4, 0.5) is 0 Å². The molecule has 1 heterocycles. The Kier molecular flexibility index (Phi) is 8.58. The highest BCUT2D eigenvalue weighted by Crippen LogP contribution is 2.01. The van der Waals surface area contributed by atoms with E-state index < -0.39 is 41.9 Å². The van der Waals surface area contributed by atoms with Crippen molar-refractivity contribution in [2.45, 2.75) is 37.4 Å². The lowest BCUT2D eigenvalue weighted by Gasteiger charge is -2.21. The molecule has 0 bridgehead atoms. The summed E-state index contributed by atoms with van der Waals surface area (Å²) >= 11 is 3.97. The maximum atomic E-state index is 12.2. The molecular weight excluding hydrogens is 366 g/mol. The highest BCUT2D eigenvalue weighted by atomic mass is 32.1. The largest absolute Gasteiger partial charge is 0.481 e. The number of imidazole rings is 1. The predicted molar refractivity (Wildman–Crippen MR) is 92.5 cm³/mol. The van der Waals surface area contributed by atoms with Gasteiger partial charge in [0, 0.05) is 30.5 Å². The molecule has 1 aromatic heterocycles. The molecule has 1 rings (SSSR count). The highest BCUT2D eigenvalue weighted by molar-refractivity contribution is 7.80. The van der Waals surface area contributed by atoms with Gasteiger partial charge in [0.25, 0.3) is 0 Å². The smallest absolute Gasteiger partial charge is 0.326 e. The van der Waals surface area contributed by atoms with Crippen molar-refractivity contribution in [3.05, 3.63) is 18.2 Å². The number of hydrogen-bond acceptors (Lipinski definition) is 7. The van der Waals surface area contributed by atoms with Gasteiger partial charge in [-0.15, -0.1) is 0 Å². The Hall–Kier alpha value is -2.60. The maximum absolute atomic E-state index is 12.2. The zero-order chi connectivity index (χ0) is 19.7. The predicted octanol–water partition coefficient (Wildman–Crippen LogP) is -1.87.